The Morgan fingerprint density at radius 2 is 1.94 bits per heavy atom. The summed E-state index contributed by atoms with van der Waals surface area (Å²) in [5.41, 5.74) is -0.347. The fourth-order valence-electron chi connectivity index (χ4n) is 1.50. The molecule has 0 aliphatic rings. The number of nitrogens with one attached hydrogen (secondary N) is 1. The zero-order valence-electron chi connectivity index (χ0n) is 8.96. The Bertz CT molecular complexity index is 527. The third kappa shape index (κ3) is 2.04. The van der Waals surface area contributed by atoms with Crippen molar-refractivity contribution in [3.63, 3.8) is 0 Å². The van der Waals surface area contributed by atoms with Gasteiger partial charge in [-0.3, -0.25) is 4.79 Å². The number of furan rings is 1. The van der Waals surface area contributed by atoms with Crippen LogP contribution in [0.3, 0.4) is 0 Å². The molecule has 0 saturated heterocycles. The van der Waals surface area contributed by atoms with E-state index in [0.29, 0.717) is 0 Å². The number of hydrogen-bond donors (Lipinski definition) is 1. The van der Waals surface area contributed by atoms with Crippen LogP contribution >= 0.6 is 0 Å². The van der Waals surface area contributed by atoms with Crippen LogP contribution in [-0.4, -0.2) is 13.0 Å². The van der Waals surface area contributed by atoms with Crippen molar-refractivity contribution in [1.29, 1.82) is 0 Å². The molecule has 1 heterocycles. The molecule has 0 aliphatic heterocycles. The summed E-state index contributed by atoms with van der Waals surface area (Å²) in [6.07, 6.45) is 1.32. The van der Waals surface area contributed by atoms with Gasteiger partial charge in [-0.1, -0.05) is 0 Å². The van der Waals surface area contributed by atoms with Crippen LogP contribution in [0, 0.1) is 11.6 Å². The van der Waals surface area contributed by atoms with Gasteiger partial charge in [-0.2, -0.15) is 0 Å². The van der Waals surface area contributed by atoms with Crippen molar-refractivity contribution in [2.75, 3.05) is 7.05 Å². The first-order valence-corrected chi connectivity index (χ1v) is 4.88. The Hall–Kier alpha value is -2.17. The molecule has 0 unspecified atom stereocenters. The van der Waals surface area contributed by atoms with Gasteiger partial charge in [0.2, 0.25) is 0 Å². The first kappa shape index (κ1) is 11.3. The second-order valence-corrected chi connectivity index (χ2v) is 3.37. The fourth-order valence-corrected chi connectivity index (χ4v) is 1.50. The minimum absolute atomic E-state index is 0.0715. The number of halogens is 2. The van der Waals surface area contributed by atoms with Gasteiger partial charge in [-0.15, -0.1) is 0 Å². The summed E-state index contributed by atoms with van der Waals surface area (Å²) in [6, 6.07) is 4.92. The van der Waals surface area contributed by atoms with E-state index >= 15 is 0 Å². The second kappa shape index (κ2) is 4.37. The smallest absolute Gasteiger partial charge is 0.251 e. The molecule has 17 heavy (non-hydrogen) atoms. The Kier molecular flexibility index (Phi) is 2.91. The third-order valence-corrected chi connectivity index (χ3v) is 2.30. The average Bonchev–Trinajstić information content (AvgIpc) is 2.80. The molecule has 0 fully saturated rings. The van der Waals surface area contributed by atoms with E-state index in [1.165, 1.54) is 25.4 Å². The zero-order valence-corrected chi connectivity index (χ0v) is 8.96. The molecule has 0 aliphatic carbocycles. The highest BCUT2D eigenvalue weighted by molar-refractivity contribution is 5.94. The van der Waals surface area contributed by atoms with Gasteiger partial charge in [0.05, 0.1) is 11.8 Å². The van der Waals surface area contributed by atoms with Gasteiger partial charge in [0.15, 0.2) is 0 Å². The number of amides is 1. The van der Waals surface area contributed by atoms with E-state index in [2.05, 4.69) is 5.32 Å². The van der Waals surface area contributed by atoms with Crippen molar-refractivity contribution in [1.82, 2.24) is 5.32 Å². The number of carbonyl (C=O) groups excluding carboxylic acids is 1. The lowest BCUT2D eigenvalue weighted by Gasteiger charge is -2.05. The van der Waals surface area contributed by atoms with Gasteiger partial charge in [0.25, 0.3) is 5.91 Å². The molecule has 5 heteroatoms. The molecular weight excluding hydrogens is 228 g/mol. The topological polar surface area (TPSA) is 42.2 Å². The van der Waals surface area contributed by atoms with Gasteiger partial charge in [-0.05, 0) is 24.3 Å². The first-order chi connectivity index (χ1) is 8.13. The van der Waals surface area contributed by atoms with Gasteiger partial charge >= 0.3 is 0 Å². The quantitative estimate of drug-likeness (QED) is 0.872. The molecule has 0 atom stereocenters. The Labute approximate surface area is 96.1 Å². The molecule has 0 saturated carbocycles. The van der Waals surface area contributed by atoms with E-state index in [4.69, 9.17) is 4.42 Å². The molecule has 1 amide bonds. The van der Waals surface area contributed by atoms with Crippen molar-refractivity contribution >= 4 is 5.91 Å². The third-order valence-electron chi connectivity index (χ3n) is 2.30. The summed E-state index contributed by atoms with van der Waals surface area (Å²) in [5, 5.41) is 2.29. The molecule has 1 N–H and O–H groups in total. The number of rotatable bonds is 2. The predicted octanol–water partition coefficient (Wildman–Crippen LogP) is 2.58. The van der Waals surface area contributed by atoms with Crippen molar-refractivity contribution in [2.45, 2.75) is 0 Å². The van der Waals surface area contributed by atoms with Crippen LogP contribution in [0.5, 0.6) is 0 Å². The Morgan fingerprint density at radius 3 is 2.41 bits per heavy atom. The molecule has 1 aromatic carbocycles. The monoisotopic (exact) mass is 237 g/mol. The van der Waals surface area contributed by atoms with Crippen molar-refractivity contribution < 1.29 is 18.0 Å². The lowest BCUT2D eigenvalue weighted by atomic mass is 10.1. The van der Waals surface area contributed by atoms with E-state index in [-0.39, 0.29) is 16.9 Å². The molecule has 1 aromatic heterocycles. The van der Waals surface area contributed by atoms with Crippen LogP contribution in [-0.2, 0) is 0 Å². The normalized spacial score (nSPS) is 10.3. The molecule has 0 bridgehead atoms. The SMILES string of the molecule is CNC(=O)c1cc(F)c(-c2ccco2)c(F)c1. The van der Waals surface area contributed by atoms with Gasteiger partial charge in [0, 0.05) is 12.6 Å². The lowest BCUT2D eigenvalue weighted by Crippen LogP contribution is -2.18. The summed E-state index contributed by atoms with van der Waals surface area (Å²) in [4.78, 5) is 11.2. The second-order valence-electron chi connectivity index (χ2n) is 3.37. The van der Waals surface area contributed by atoms with Crippen LogP contribution in [0.1, 0.15) is 10.4 Å². The average molecular weight is 237 g/mol. The lowest BCUT2D eigenvalue weighted by molar-refractivity contribution is 0.0962. The van der Waals surface area contributed by atoms with Gasteiger partial charge < -0.3 is 9.73 Å². The number of benzene rings is 1. The fraction of sp³-hybridized carbons (Fsp3) is 0.0833. The maximum atomic E-state index is 13.7. The summed E-state index contributed by atoms with van der Waals surface area (Å²) >= 11 is 0. The molecule has 2 aromatic rings. The van der Waals surface area contributed by atoms with Crippen LogP contribution in [0.25, 0.3) is 11.3 Å². The van der Waals surface area contributed by atoms with E-state index in [1.54, 1.807) is 0 Å². The van der Waals surface area contributed by atoms with Crippen LogP contribution in [0.4, 0.5) is 8.78 Å². The molecule has 0 spiro atoms. The standard InChI is InChI=1S/C12H9F2NO2/c1-15-12(16)7-5-8(13)11(9(14)6-7)10-3-2-4-17-10/h2-6H,1H3,(H,15,16). The first-order valence-electron chi connectivity index (χ1n) is 4.88. The summed E-state index contributed by atoms with van der Waals surface area (Å²) in [5.74, 6) is -2.13. The van der Waals surface area contributed by atoms with E-state index < -0.39 is 17.5 Å². The highest BCUT2D eigenvalue weighted by atomic mass is 19.1. The summed E-state index contributed by atoms with van der Waals surface area (Å²) < 4.78 is 32.3. The maximum absolute atomic E-state index is 13.7. The molecular formula is C12H9F2NO2. The largest absolute Gasteiger partial charge is 0.464 e. The van der Waals surface area contributed by atoms with Crippen LogP contribution in [0.2, 0.25) is 0 Å². The van der Waals surface area contributed by atoms with Crippen LogP contribution in [0.15, 0.2) is 34.9 Å². The number of carbonyl (C=O) groups is 1. The maximum Gasteiger partial charge on any atom is 0.251 e. The molecule has 3 nitrogen and oxygen atoms in total. The van der Waals surface area contributed by atoms with Crippen LogP contribution < -0.4 is 5.32 Å². The Morgan fingerprint density at radius 1 is 1.29 bits per heavy atom. The van der Waals surface area contributed by atoms with E-state index in [1.807, 2.05) is 0 Å². The van der Waals surface area contributed by atoms with Crippen molar-refractivity contribution in [2.24, 2.45) is 0 Å². The highest BCUT2D eigenvalue weighted by Gasteiger charge is 2.17. The minimum Gasteiger partial charge on any atom is -0.464 e. The van der Waals surface area contributed by atoms with Gasteiger partial charge in [-0.25, -0.2) is 8.78 Å². The predicted molar refractivity (Wildman–Crippen MR) is 57.5 cm³/mol. The van der Waals surface area contributed by atoms with Gasteiger partial charge in [0.1, 0.15) is 17.4 Å². The highest BCUT2D eigenvalue weighted by Crippen LogP contribution is 2.27. The summed E-state index contributed by atoms with van der Waals surface area (Å²) in [6.45, 7) is 0. The van der Waals surface area contributed by atoms with Crippen molar-refractivity contribution in [3.05, 3.63) is 47.7 Å². The zero-order chi connectivity index (χ0) is 12.4. The number of hydrogen-bond acceptors (Lipinski definition) is 2. The molecule has 2 rings (SSSR count). The molecule has 88 valence electrons. The molecule has 0 radical (unpaired) electrons. The van der Waals surface area contributed by atoms with E-state index in [9.17, 15) is 13.6 Å². The minimum atomic E-state index is -0.835. The van der Waals surface area contributed by atoms with Crippen molar-refractivity contribution in [3.8, 4) is 11.3 Å². The Balaban J connectivity index is 2.54. The summed E-state index contributed by atoms with van der Waals surface area (Å²) in [7, 11) is 1.39. The van der Waals surface area contributed by atoms with E-state index in [0.717, 1.165) is 12.1 Å².